The van der Waals surface area contributed by atoms with Gasteiger partial charge < -0.3 is 26.0 Å². The van der Waals surface area contributed by atoms with Crippen molar-refractivity contribution in [1.82, 2.24) is 20.3 Å². The summed E-state index contributed by atoms with van der Waals surface area (Å²) in [6.07, 6.45) is 13.4. The Kier molecular flexibility index (Phi) is 7.21. The third-order valence-electron chi connectivity index (χ3n) is 7.32. The van der Waals surface area contributed by atoms with Crippen LogP contribution >= 0.6 is 0 Å². The molecular weight excluding hydrogens is 414 g/mol. The van der Waals surface area contributed by atoms with Crippen molar-refractivity contribution in [3.05, 3.63) is 30.1 Å². The Bertz CT molecular complexity index is 903. The lowest BCUT2D eigenvalue weighted by molar-refractivity contribution is 0.126. The van der Waals surface area contributed by atoms with Crippen molar-refractivity contribution < 1.29 is 5.11 Å². The molecule has 33 heavy (non-hydrogen) atoms. The largest absolute Gasteiger partial charge is 0.393 e. The Morgan fingerprint density at radius 3 is 2.55 bits per heavy atom. The first-order valence-electron chi connectivity index (χ1n) is 12.7. The molecule has 4 heterocycles. The number of piperidine rings is 2. The smallest absolute Gasteiger partial charge is 0.229 e. The number of aliphatic hydroxyl groups is 1. The third kappa shape index (κ3) is 5.73. The van der Waals surface area contributed by atoms with Crippen molar-refractivity contribution in [3.8, 4) is 0 Å². The Morgan fingerprint density at radius 2 is 1.76 bits per heavy atom. The molecule has 8 heteroatoms. The second-order valence-electron chi connectivity index (χ2n) is 9.75. The van der Waals surface area contributed by atoms with Gasteiger partial charge in [0.05, 0.1) is 6.10 Å². The lowest BCUT2D eigenvalue weighted by Gasteiger charge is -2.30. The molecular formula is C25H37N7O. The first-order valence-corrected chi connectivity index (χ1v) is 12.7. The standard InChI is InChI=1S/C25H37N7O/c33-21-6-4-19(5-7-21)29-24-22(18-8-11-26-12-9-18)17-28-25(31-24)30-20-10-13-27-23(16-20)32-14-2-1-3-15-32/h10,13,16-19,21,26,33H,1-9,11-12,14-15H2,(H2,27,28,29,30,31)/t19-,21-. The van der Waals surface area contributed by atoms with Crippen molar-refractivity contribution in [3.63, 3.8) is 0 Å². The zero-order valence-corrected chi connectivity index (χ0v) is 19.5. The zero-order chi connectivity index (χ0) is 22.5. The van der Waals surface area contributed by atoms with Crippen LogP contribution in [0.3, 0.4) is 0 Å². The minimum absolute atomic E-state index is 0.157. The molecule has 5 rings (SSSR count). The summed E-state index contributed by atoms with van der Waals surface area (Å²) in [5.74, 6) is 3.06. The van der Waals surface area contributed by atoms with E-state index in [2.05, 4.69) is 31.9 Å². The van der Waals surface area contributed by atoms with Crippen LogP contribution < -0.4 is 20.9 Å². The maximum atomic E-state index is 9.90. The summed E-state index contributed by atoms with van der Waals surface area (Å²) < 4.78 is 0. The molecule has 1 aliphatic carbocycles. The number of nitrogens with one attached hydrogen (secondary N) is 3. The van der Waals surface area contributed by atoms with Crippen LogP contribution in [0.15, 0.2) is 24.5 Å². The lowest BCUT2D eigenvalue weighted by atomic mass is 9.90. The number of anilines is 4. The molecule has 178 valence electrons. The number of aliphatic hydroxyl groups excluding tert-OH is 1. The highest BCUT2D eigenvalue weighted by Gasteiger charge is 2.24. The molecule has 2 aromatic rings. The molecule has 2 saturated heterocycles. The van der Waals surface area contributed by atoms with Crippen LogP contribution in [-0.4, -0.2) is 58.4 Å². The molecule has 1 saturated carbocycles. The molecule has 8 nitrogen and oxygen atoms in total. The van der Waals surface area contributed by atoms with Gasteiger partial charge in [-0.2, -0.15) is 4.98 Å². The average Bonchev–Trinajstić information content (AvgIpc) is 2.87. The van der Waals surface area contributed by atoms with E-state index in [0.717, 1.165) is 82.0 Å². The average molecular weight is 452 g/mol. The van der Waals surface area contributed by atoms with E-state index in [0.29, 0.717) is 17.9 Å². The van der Waals surface area contributed by atoms with E-state index in [1.165, 1.54) is 24.8 Å². The molecule has 2 aromatic heterocycles. The van der Waals surface area contributed by atoms with Gasteiger partial charge in [-0.05, 0) is 82.9 Å². The van der Waals surface area contributed by atoms with Gasteiger partial charge in [0, 0.05) is 48.8 Å². The molecule has 2 aliphatic heterocycles. The number of pyridine rings is 1. The highest BCUT2D eigenvalue weighted by Crippen LogP contribution is 2.33. The van der Waals surface area contributed by atoms with E-state index < -0.39 is 0 Å². The summed E-state index contributed by atoms with van der Waals surface area (Å²) in [5.41, 5.74) is 2.18. The molecule has 3 fully saturated rings. The normalized spacial score (nSPS) is 24.5. The van der Waals surface area contributed by atoms with E-state index in [9.17, 15) is 5.11 Å². The predicted molar refractivity (Wildman–Crippen MR) is 132 cm³/mol. The first-order chi connectivity index (χ1) is 16.2. The van der Waals surface area contributed by atoms with Gasteiger partial charge >= 0.3 is 0 Å². The maximum absolute atomic E-state index is 9.90. The molecule has 0 spiro atoms. The van der Waals surface area contributed by atoms with Gasteiger partial charge in [0.2, 0.25) is 5.95 Å². The highest BCUT2D eigenvalue weighted by molar-refractivity contribution is 5.60. The fourth-order valence-electron chi connectivity index (χ4n) is 5.33. The molecule has 0 aromatic carbocycles. The summed E-state index contributed by atoms with van der Waals surface area (Å²) >= 11 is 0. The van der Waals surface area contributed by atoms with Crippen LogP contribution in [0.25, 0.3) is 0 Å². The van der Waals surface area contributed by atoms with E-state index in [1.807, 2.05) is 18.5 Å². The van der Waals surface area contributed by atoms with Gasteiger partial charge in [-0.1, -0.05) is 0 Å². The molecule has 3 aliphatic rings. The minimum Gasteiger partial charge on any atom is -0.393 e. The van der Waals surface area contributed by atoms with Gasteiger partial charge in [-0.3, -0.25) is 0 Å². The number of hydrogen-bond acceptors (Lipinski definition) is 8. The quantitative estimate of drug-likeness (QED) is 0.527. The van der Waals surface area contributed by atoms with Crippen molar-refractivity contribution in [2.24, 2.45) is 0 Å². The number of rotatable bonds is 6. The fourth-order valence-corrected chi connectivity index (χ4v) is 5.33. The molecule has 0 radical (unpaired) electrons. The van der Waals surface area contributed by atoms with Crippen LogP contribution in [0.1, 0.15) is 69.3 Å². The van der Waals surface area contributed by atoms with E-state index in [1.54, 1.807) is 0 Å². The molecule has 0 bridgehead atoms. The van der Waals surface area contributed by atoms with E-state index in [4.69, 9.17) is 9.97 Å². The monoisotopic (exact) mass is 451 g/mol. The van der Waals surface area contributed by atoms with Crippen LogP contribution in [0.4, 0.5) is 23.3 Å². The SMILES string of the molecule is O[C@H]1CC[C@H](Nc2nc(Nc3ccnc(N4CCCCC4)c3)ncc2C2CCNCC2)CC1. The number of hydrogen-bond donors (Lipinski definition) is 4. The summed E-state index contributed by atoms with van der Waals surface area (Å²) in [6.45, 7) is 4.22. The first kappa shape index (κ1) is 22.3. The topological polar surface area (TPSA) is 98.2 Å². The van der Waals surface area contributed by atoms with Crippen molar-refractivity contribution >= 4 is 23.3 Å². The summed E-state index contributed by atoms with van der Waals surface area (Å²) in [7, 11) is 0. The van der Waals surface area contributed by atoms with Gasteiger partial charge in [0.25, 0.3) is 0 Å². The Balaban J connectivity index is 1.35. The predicted octanol–water partition coefficient (Wildman–Crippen LogP) is 3.79. The molecule has 0 amide bonds. The van der Waals surface area contributed by atoms with Crippen molar-refractivity contribution in [2.75, 3.05) is 41.7 Å². The van der Waals surface area contributed by atoms with Gasteiger partial charge in [0.1, 0.15) is 11.6 Å². The van der Waals surface area contributed by atoms with Crippen LogP contribution in [0.5, 0.6) is 0 Å². The third-order valence-corrected chi connectivity index (χ3v) is 7.32. The van der Waals surface area contributed by atoms with Gasteiger partial charge in [-0.25, -0.2) is 9.97 Å². The van der Waals surface area contributed by atoms with Gasteiger partial charge in [-0.15, -0.1) is 0 Å². The summed E-state index contributed by atoms with van der Waals surface area (Å²) in [4.78, 5) is 16.6. The van der Waals surface area contributed by atoms with Crippen LogP contribution in [0, 0.1) is 0 Å². The Labute approximate surface area is 196 Å². The van der Waals surface area contributed by atoms with Crippen LogP contribution in [-0.2, 0) is 0 Å². The highest BCUT2D eigenvalue weighted by atomic mass is 16.3. The molecule has 0 atom stereocenters. The zero-order valence-electron chi connectivity index (χ0n) is 19.5. The second kappa shape index (κ2) is 10.7. The Morgan fingerprint density at radius 1 is 0.970 bits per heavy atom. The number of aromatic nitrogens is 3. The number of nitrogens with zero attached hydrogens (tertiary/aromatic N) is 4. The molecule has 0 unspecified atom stereocenters. The summed E-state index contributed by atoms with van der Waals surface area (Å²) in [5, 5.41) is 20.5. The van der Waals surface area contributed by atoms with Crippen molar-refractivity contribution in [1.29, 1.82) is 0 Å². The molecule has 4 N–H and O–H groups in total. The van der Waals surface area contributed by atoms with Gasteiger partial charge in [0.15, 0.2) is 0 Å². The maximum Gasteiger partial charge on any atom is 0.229 e. The van der Waals surface area contributed by atoms with Crippen molar-refractivity contribution in [2.45, 2.75) is 75.9 Å². The second-order valence-corrected chi connectivity index (χ2v) is 9.75. The summed E-state index contributed by atoms with van der Waals surface area (Å²) in [6, 6.07) is 4.43. The van der Waals surface area contributed by atoms with Crippen LogP contribution in [0.2, 0.25) is 0 Å². The Hall–Kier alpha value is -2.45. The lowest BCUT2D eigenvalue weighted by Crippen LogP contribution is -2.31. The minimum atomic E-state index is -0.157. The van der Waals surface area contributed by atoms with E-state index >= 15 is 0 Å². The fraction of sp³-hybridized carbons (Fsp3) is 0.640. The van der Waals surface area contributed by atoms with E-state index in [-0.39, 0.29) is 6.10 Å².